The van der Waals surface area contributed by atoms with E-state index in [9.17, 15) is 13.2 Å². The van der Waals surface area contributed by atoms with Gasteiger partial charge in [-0.1, -0.05) is 30.3 Å². The van der Waals surface area contributed by atoms with Gasteiger partial charge in [0.25, 0.3) is 0 Å². The number of carbonyl (C=O) groups is 1. The van der Waals surface area contributed by atoms with Crippen molar-refractivity contribution in [3.8, 4) is 11.8 Å². The molecule has 0 aliphatic carbocycles. The number of nitriles is 1. The molecule has 0 saturated heterocycles. The summed E-state index contributed by atoms with van der Waals surface area (Å²) >= 11 is 0. The number of nitrogens with zero attached hydrogens (tertiary/aromatic N) is 1. The fourth-order valence-corrected chi connectivity index (χ4v) is 3.55. The first kappa shape index (κ1) is 21.2. The third kappa shape index (κ3) is 4.78. The van der Waals surface area contributed by atoms with Crippen LogP contribution in [0.3, 0.4) is 0 Å². The van der Waals surface area contributed by atoms with Crippen molar-refractivity contribution in [3.05, 3.63) is 71.1 Å². The van der Waals surface area contributed by atoms with Gasteiger partial charge in [0.15, 0.2) is 0 Å². The maximum absolute atomic E-state index is 12.7. The molecule has 0 radical (unpaired) electrons. The molecule has 146 valence electrons. The van der Waals surface area contributed by atoms with Crippen molar-refractivity contribution in [2.24, 2.45) is 0 Å². The predicted octanol–water partition coefficient (Wildman–Crippen LogP) is 3.10. The van der Waals surface area contributed by atoms with Crippen molar-refractivity contribution >= 4 is 15.7 Å². The van der Waals surface area contributed by atoms with E-state index in [2.05, 4.69) is 5.32 Å². The van der Waals surface area contributed by atoms with E-state index in [-0.39, 0.29) is 10.8 Å². The Balaban J connectivity index is 2.16. The van der Waals surface area contributed by atoms with Crippen LogP contribution < -0.4 is 10.1 Å². The lowest BCUT2D eigenvalue weighted by molar-refractivity contribution is -0.125. The van der Waals surface area contributed by atoms with E-state index < -0.39 is 15.3 Å². The van der Waals surface area contributed by atoms with Crippen LogP contribution in [0.2, 0.25) is 0 Å². The summed E-state index contributed by atoms with van der Waals surface area (Å²) in [5.41, 5.74) is 0.667. The van der Waals surface area contributed by atoms with E-state index in [4.69, 9.17) is 10.00 Å². The predicted molar refractivity (Wildman–Crippen MR) is 106 cm³/mol. The van der Waals surface area contributed by atoms with Gasteiger partial charge in [-0.15, -0.1) is 0 Å². The van der Waals surface area contributed by atoms with Crippen molar-refractivity contribution in [1.82, 2.24) is 5.32 Å². The number of allylic oxidation sites excluding steroid dienone is 1. The summed E-state index contributed by atoms with van der Waals surface area (Å²) in [6, 6.07) is 15.2. The second-order valence-corrected chi connectivity index (χ2v) is 8.45. The molecule has 0 unspecified atom stereocenters. The fraction of sp³-hybridized carbons (Fsp3) is 0.238. The van der Waals surface area contributed by atoms with E-state index in [0.717, 1.165) is 17.0 Å². The van der Waals surface area contributed by atoms with E-state index >= 15 is 0 Å². The minimum absolute atomic E-state index is 0.0629. The summed E-state index contributed by atoms with van der Waals surface area (Å²) < 4.78 is 29.4. The molecule has 6 nitrogen and oxygen atoms in total. The molecular weight excluding hydrogens is 376 g/mol. The summed E-state index contributed by atoms with van der Waals surface area (Å²) in [6.45, 7) is 3.85. The Bertz CT molecular complexity index is 1020. The number of nitrogens with one attached hydrogen (secondary N) is 1. The number of sulfone groups is 1. The SMILES string of the molecule is COc1ccccc1CNC(=O)C(C)(C)c1ccc(S(=O)(=O)C=CC#N)cc1. The van der Waals surface area contributed by atoms with E-state index in [0.29, 0.717) is 17.9 Å². The zero-order valence-corrected chi connectivity index (χ0v) is 16.8. The Morgan fingerprint density at radius 2 is 1.82 bits per heavy atom. The van der Waals surface area contributed by atoms with Gasteiger partial charge in [-0.05, 0) is 37.6 Å². The highest BCUT2D eigenvalue weighted by Gasteiger charge is 2.30. The Labute approximate surface area is 165 Å². The minimum atomic E-state index is -3.68. The number of benzene rings is 2. The lowest BCUT2D eigenvalue weighted by Crippen LogP contribution is -2.39. The molecule has 0 fully saturated rings. The van der Waals surface area contributed by atoms with Crippen molar-refractivity contribution < 1.29 is 17.9 Å². The number of methoxy groups -OCH3 is 1. The number of amides is 1. The van der Waals surface area contributed by atoms with Gasteiger partial charge < -0.3 is 10.1 Å². The molecule has 0 spiro atoms. The van der Waals surface area contributed by atoms with Crippen molar-refractivity contribution in [2.45, 2.75) is 30.7 Å². The number of hydrogen-bond donors (Lipinski definition) is 1. The summed E-state index contributed by atoms with van der Waals surface area (Å²) in [6.07, 6.45) is 0.915. The minimum Gasteiger partial charge on any atom is -0.496 e. The van der Waals surface area contributed by atoms with Gasteiger partial charge in [0.05, 0.1) is 23.5 Å². The maximum Gasteiger partial charge on any atom is 0.230 e. The summed E-state index contributed by atoms with van der Waals surface area (Å²) in [5, 5.41) is 12.3. The Hall–Kier alpha value is -3.11. The second-order valence-electron chi connectivity index (χ2n) is 6.62. The number of ether oxygens (including phenoxy) is 1. The Morgan fingerprint density at radius 1 is 1.18 bits per heavy atom. The fourth-order valence-electron chi connectivity index (χ4n) is 2.64. The molecule has 2 rings (SSSR count). The van der Waals surface area contributed by atoms with Gasteiger partial charge in [0, 0.05) is 23.6 Å². The Kier molecular flexibility index (Phi) is 6.60. The lowest BCUT2D eigenvalue weighted by Gasteiger charge is -2.24. The van der Waals surface area contributed by atoms with Crippen LogP contribution >= 0.6 is 0 Å². The largest absolute Gasteiger partial charge is 0.496 e. The molecule has 0 aliphatic heterocycles. The number of hydrogen-bond acceptors (Lipinski definition) is 5. The zero-order valence-electron chi connectivity index (χ0n) is 16.0. The molecule has 2 aromatic carbocycles. The third-order valence-electron chi connectivity index (χ3n) is 4.43. The van der Waals surface area contributed by atoms with Gasteiger partial charge in [0.1, 0.15) is 5.75 Å². The van der Waals surface area contributed by atoms with Crippen LogP contribution in [0.15, 0.2) is 64.9 Å². The van der Waals surface area contributed by atoms with E-state index in [1.807, 2.05) is 24.3 Å². The van der Waals surface area contributed by atoms with Crippen LogP contribution in [-0.4, -0.2) is 21.4 Å². The number of para-hydroxylation sites is 1. The van der Waals surface area contributed by atoms with Gasteiger partial charge in [-0.2, -0.15) is 5.26 Å². The average Bonchev–Trinajstić information content (AvgIpc) is 2.70. The molecule has 0 heterocycles. The molecule has 0 aliphatic rings. The van der Waals surface area contributed by atoms with Gasteiger partial charge in [-0.25, -0.2) is 8.42 Å². The molecule has 28 heavy (non-hydrogen) atoms. The zero-order chi connectivity index (χ0) is 20.8. The summed E-state index contributed by atoms with van der Waals surface area (Å²) in [5.74, 6) is 0.499. The standard InChI is InChI=1S/C21H22N2O4S/c1-21(2,20(24)23-15-16-7-4-5-8-19(16)27-3)17-9-11-18(12-10-17)28(25,26)14-6-13-22/h4-12,14H,15H2,1-3H3,(H,23,24). The third-order valence-corrected chi connectivity index (χ3v) is 5.85. The quantitative estimate of drug-likeness (QED) is 0.723. The van der Waals surface area contributed by atoms with Crippen LogP contribution in [-0.2, 0) is 26.6 Å². The molecular formula is C21H22N2O4S. The highest BCUT2D eigenvalue weighted by molar-refractivity contribution is 7.94. The maximum atomic E-state index is 12.7. The monoisotopic (exact) mass is 398 g/mol. The number of carbonyl (C=O) groups excluding carboxylic acids is 1. The first-order valence-corrected chi connectivity index (χ1v) is 10.1. The van der Waals surface area contributed by atoms with E-state index in [1.165, 1.54) is 12.1 Å². The van der Waals surface area contributed by atoms with Gasteiger partial charge in [-0.3, -0.25) is 4.79 Å². The highest BCUT2D eigenvalue weighted by Crippen LogP contribution is 2.26. The van der Waals surface area contributed by atoms with Gasteiger partial charge in [0.2, 0.25) is 15.7 Å². The molecule has 0 saturated carbocycles. The Morgan fingerprint density at radius 3 is 2.43 bits per heavy atom. The first-order chi connectivity index (χ1) is 13.2. The summed E-state index contributed by atoms with van der Waals surface area (Å²) in [7, 11) is -2.10. The number of rotatable bonds is 7. The average molecular weight is 398 g/mol. The van der Waals surface area contributed by atoms with E-state index in [1.54, 1.807) is 39.2 Å². The smallest absolute Gasteiger partial charge is 0.230 e. The highest BCUT2D eigenvalue weighted by atomic mass is 32.2. The summed E-state index contributed by atoms with van der Waals surface area (Å²) in [4.78, 5) is 12.8. The van der Waals surface area contributed by atoms with Crippen LogP contribution in [0.5, 0.6) is 5.75 Å². The topological polar surface area (TPSA) is 96.3 Å². The molecule has 2 aromatic rings. The second kappa shape index (κ2) is 8.72. The normalized spacial score (nSPS) is 11.8. The van der Waals surface area contributed by atoms with Crippen LogP contribution in [0.25, 0.3) is 0 Å². The van der Waals surface area contributed by atoms with Gasteiger partial charge >= 0.3 is 0 Å². The van der Waals surface area contributed by atoms with Crippen molar-refractivity contribution in [1.29, 1.82) is 5.26 Å². The molecule has 1 amide bonds. The molecule has 0 bridgehead atoms. The van der Waals surface area contributed by atoms with Crippen LogP contribution in [0.1, 0.15) is 25.0 Å². The van der Waals surface area contributed by atoms with Crippen LogP contribution in [0.4, 0.5) is 0 Å². The van der Waals surface area contributed by atoms with Crippen LogP contribution in [0, 0.1) is 11.3 Å². The first-order valence-electron chi connectivity index (χ1n) is 8.54. The van der Waals surface area contributed by atoms with Crippen molar-refractivity contribution in [2.75, 3.05) is 7.11 Å². The van der Waals surface area contributed by atoms with Crippen molar-refractivity contribution in [3.63, 3.8) is 0 Å². The molecule has 7 heteroatoms. The molecule has 1 N–H and O–H groups in total. The molecule has 0 aromatic heterocycles. The lowest BCUT2D eigenvalue weighted by atomic mass is 9.83. The molecule has 0 atom stereocenters.